The van der Waals surface area contributed by atoms with Gasteiger partial charge in [-0.1, -0.05) is 31.9 Å². The van der Waals surface area contributed by atoms with Gasteiger partial charge in [-0.3, -0.25) is 9.59 Å². The van der Waals surface area contributed by atoms with Crippen molar-refractivity contribution in [3.8, 4) is 11.5 Å². The molecule has 0 aliphatic carbocycles. The van der Waals surface area contributed by atoms with Crippen LogP contribution in [0, 0.1) is 7.14 Å². The Kier molecular flexibility index (Phi) is 8.63. The molecule has 0 atom stereocenters. The van der Waals surface area contributed by atoms with E-state index in [2.05, 4.69) is 42.1 Å². The van der Waals surface area contributed by atoms with Gasteiger partial charge < -0.3 is 10.2 Å². The number of amides is 2. The summed E-state index contributed by atoms with van der Waals surface area (Å²) in [7, 11) is 0. The fraction of sp³-hybridized carbons (Fsp3) is 0. The molecular weight excluding hydrogens is 726 g/mol. The van der Waals surface area contributed by atoms with Gasteiger partial charge in [-0.05, 0) is 69.4 Å². The van der Waals surface area contributed by atoms with Crippen molar-refractivity contribution < 1.29 is 19.8 Å². The maximum Gasteiger partial charge on any atom is 0.331 e. The third-order valence-corrected chi connectivity index (χ3v) is 5.62. The van der Waals surface area contributed by atoms with Crippen molar-refractivity contribution in [1.82, 2.24) is 10.9 Å². The van der Waals surface area contributed by atoms with Crippen LogP contribution in [0.1, 0.15) is 11.1 Å². The fourth-order valence-corrected chi connectivity index (χ4v) is 4.89. The van der Waals surface area contributed by atoms with E-state index in [0.717, 1.165) is 8.95 Å². The van der Waals surface area contributed by atoms with Crippen LogP contribution in [0.5, 0.6) is 11.5 Å². The molecule has 0 aromatic heterocycles. The van der Waals surface area contributed by atoms with E-state index >= 15 is 0 Å². The summed E-state index contributed by atoms with van der Waals surface area (Å²) < 4.78 is 2.63. The minimum atomic E-state index is -1.05. The number of nitrogens with one attached hydrogen (secondary N) is 2. The summed E-state index contributed by atoms with van der Waals surface area (Å²) in [5.74, 6) is -2.10. The molecule has 0 heterocycles. The Bertz CT molecular complexity index is 920. The van der Waals surface area contributed by atoms with Crippen LogP contribution >= 0.6 is 77.0 Å². The van der Waals surface area contributed by atoms with Gasteiger partial charge in [-0.15, -0.1) is 0 Å². The Labute approximate surface area is 203 Å². The molecule has 28 heavy (non-hydrogen) atoms. The van der Waals surface area contributed by atoms with Crippen LogP contribution in [0.3, 0.4) is 0 Å². The van der Waals surface area contributed by atoms with Gasteiger partial charge in [-0.25, -0.2) is 10.9 Å². The highest BCUT2D eigenvalue weighted by Gasteiger charge is 2.12. The van der Waals surface area contributed by atoms with Crippen LogP contribution < -0.4 is 10.9 Å². The van der Waals surface area contributed by atoms with Gasteiger partial charge >= 0.3 is 11.8 Å². The summed E-state index contributed by atoms with van der Waals surface area (Å²) in [4.78, 5) is 23.5. The van der Waals surface area contributed by atoms with Crippen LogP contribution in [-0.2, 0) is 9.59 Å². The van der Waals surface area contributed by atoms with Gasteiger partial charge in [0.05, 0.1) is 19.6 Å². The lowest BCUT2D eigenvalue weighted by molar-refractivity contribution is -0.139. The zero-order chi connectivity index (χ0) is 20.8. The number of carbonyl (C=O) groups excluding carboxylic acids is 2. The molecule has 0 unspecified atom stereocenters. The molecular formula is C16H10Br2I2N4O4. The number of halogens is 4. The molecule has 2 rings (SSSR count). The minimum Gasteiger partial charge on any atom is -0.506 e. The van der Waals surface area contributed by atoms with Gasteiger partial charge in [0, 0.05) is 20.1 Å². The summed E-state index contributed by atoms with van der Waals surface area (Å²) in [6, 6.07) is 6.62. The topological polar surface area (TPSA) is 123 Å². The molecule has 0 saturated carbocycles. The van der Waals surface area contributed by atoms with Crippen molar-refractivity contribution in [2.45, 2.75) is 0 Å². The second kappa shape index (κ2) is 10.5. The first-order valence-electron chi connectivity index (χ1n) is 7.21. The molecule has 146 valence electrons. The highest BCUT2D eigenvalue weighted by atomic mass is 127. The van der Waals surface area contributed by atoms with Crippen LogP contribution in [0.15, 0.2) is 43.4 Å². The van der Waals surface area contributed by atoms with Crippen molar-refractivity contribution in [1.29, 1.82) is 0 Å². The third kappa shape index (κ3) is 6.38. The van der Waals surface area contributed by atoms with Crippen molar-refractivity contribution in [3.63, 3.8) is 0 Å². The number of aromatic hydroxyl groups is 2. The monoisotopic (exact) mass is 734 g/mol. The number of nitrogens with zero attached hydrogens (tertiary/aromatic N) is 2. The Hall–Kier alpha value is -1.26. The van der Waals surface area contributed by atoms with Gasteiger partial charge in [0.2, 0.25) is 0 Å². The number of phenols is 2. The van der Waals surface area contributed by atoms with E-state index in [1.165, 1.54) is 12.4 Å². The standard InChI is InChI=1S/C16H10Br2I2N4O4/c17-9-1-7(13(25)11(19)3-9)5-21-23-15(27)16(28)24-22-6-8-2-10(18)4-12(20)14(8)26/h1-6,25-26H,(H,23,27)(H,24,28)/b21-5+,22-6?. The summed E-state index contributed by atoms with van der Waals surface area (Å²) in [6.45, 7) is 0. The van der Waals surface area contributed by atoms with Crippen LogP contribution in [0.25, 0.3) is 0 Å². The summed E-state index contributed by atoms with van der Waals surface area (Å²) in [6.07, 6.45) is 2.41. The van der Waals surface area contributed by atoms with Crippen molar-refractivity contribution in [3.05, 3.63) is 51.5 Å². The van der Waals surface area contributed by atoms with Crippen LogP contribution in [0.4, 0.5) is 0 Å². The van der Waals surface area contributed by atoms with E-state index in [1.807, 2.05) is 56.0 Å². The highest BCUT2D eigenvalue weighted by Crippen LogP contribution is 2.28. The van der Waals surface area contributed by atoms with E-state index in [1.54, 1.807) is 24.3 Å². The zero-order valence-electron chi connectivity index (χ0n) is 13.6. The Morgan fingerprint density at radius 2 is 1.18 bits per heavy atom. The smallest absolute Gasteiger partial charge is 0.331 e. The lowest BCUT2D eigenvalue weighted by atomic mass is 10.2. The van der Waals surface area contributed by atoms with Gasteiger partial charge in [0.1, 0.15) is 11.5 Å². The predicted molar refractivity (Wildman–Crippen MR) is 129 cm³/mol. The molecule has 2 amide bonds. The molecule has 0 fully saturated rings. The van der Waals surface area contributed by atoms with E-state index in [0.29, 0.717) is 18.3 Å². The molecule has 0 spiro atoms. The fourth-order valence-electron chi connectivity index (χ4n) is 1.79. The first kappa shape index (κ1) is 23.0. The van der Waals surface area contributed by atoms with Gasteiger partial charge in [0.15, 0.2) is 0 Å². The first-order chi connectivity index (χ1) is 13.2. The first-order valence-corrected chi connectivity index (χ1v) is 11.0. The maximum atomic E-state index is 11.7. The number of benzene rings is 2. The number of hydrazone groups is 2. The minimum absolute atomic E-state index is 0.000637. The molecule has 0 aliphatic heterocycles. The zero-order valence-corrected chi connectivity index (χ0v) is 21.1. The molecule has 0 aliphatic rings. The lowest BCUT2D eigenvalue weighted by Crippen LogP contribution is -2.35. The maximum absolute atomic E-state index is 11.7. The van der Waals surface area contributed by atoms with E-state index in [-0.39, 0.29) is 11.5 Å². The Balaban J connectivity index is 1.96. The van der Waals surface area contributed by atoms with E-state index in [9.17, 15) is 19.8 Å². The Morgan fingerprint density at radius 3 is 1.54 bits per heavy atom. The third-order valence-electron chi connectivity index (χ3n) is 3.06. The molecule has 8 nitrogen and oxygen atoms in total. The molecule has 0 bridgehead atoms. The van der Waals surface area contributed by atoms with Gasteiger partial charge in [0.25, 0.3) is 0 Å². The highest BCUT2D eigenvalue weighted by molar-refractivity contribution is 14.1. The normalized spacial score (nSPS) is 11.1. The molecule has 0 radical (unpaired) electrons. The van der Waals surface area contributed by atoms with Crippen LogP contribution in [0.2, 0.25) is 0 Å². The van der Waals surface area contributed by atoms with Crippen molar-refractivity contribution >= 4 is 101 Å². The van der Waals surface area contributed by atoms with Crippen molar-refractivity contribution in [2.75, 3.05) is 0 Å². The Morgan fingerprint density at radius 1 is 0.821 bits per heavy atom. The van der Waals surface area contributed by atoms with Gasteiger partial charge in [-0.2, -0.15) is 10.2 Å². The van der Waals surface area contributed by atoms with E-state index < -0.39 is 11.8 Å². The number of hydrogen-bond acceptors (Lipinski definition) is 6. The van der Waals surface area contributed by atoms with Crippen molar-refractivity contribution in [2.24, 2.45) is 10.2 Å². The largest absolute Gasteiger partial charge is 0.506 e. The summed E-state index contributed by atoms with van der Waals surface area (Å²) in [5, 5.41) is 27.1. The molecule has 12 heteroatoms. The lowest BCUT2D eigenvalue weighted by Gasteiger charge is -2.03. The second-order valence-electron chi connectivity index (χ2n) is 5.05. The number of carbonyl (C=O) groups is 2. The average Bonchev–Trinajstić information content (AvgIpc) is 2.62. The summed E-state index contributed by atoms with van der Waals surface area (Å²) >= 11 is 10.5. The van der Waals surface area contributed by atoms with E-state index in [4.69, 9.17) is 0 Å². The second-order valence-corrected chi connectivity index (χ2v) is 9.20. The summed E-state index contributed by atoms with van der Waals surface area (Å²) in [5.41, 5.74) is 4.78. The quantitative estimate of drug-likeness (QED) is 0.167. The molecule has 2 aromatic carbocycles. The molecule has 0 saturated heterocycles. The molecule has 2 aromatic rings. The number of hydrogen-bond donors (Lipinski definition) is 4. The number of rotatable bonds is 4. The molecule has 4 N–H and O–H groups in total. The average molecular weight is 736 g/mol. The SMILES string of the molecule is O=C(NN=Cc1cc(Br)cc(I)c1O)C(=O)N/N=C/c1cc(Br)cc(I)c1O. The van der Waals surface area contributed by atoms with Crippen LogP contribution in [-0.4, -0.2) is 34.5 Å². The predicted octanol–water partition coefficient (Wildman–Crippen LogP) is 3.43. The number of phenolic OH excluding ortho intramolecular Hbond substituents is 2.